The summed E-state index contributed by atoms with van der Waals surface area (Å²) in [4.78, 5) is 4.33. The van der Waals surface area contributed by atoms with Crippen molar-refractivity contribution in [2.24, 2.45) is 4.99 Å². The molecule has 1 aliphatic heterocycles. The van der Waals surface area contributed by atoms with Crippen molar-refractivity contribution in [1.29, 1.82) is 0 Å². The molecule has 0 fully saturated rings. The number of benzene rings is 2. The molecule has 0 amide bonds. The van der Waals surface area contributed by atoms with Gasteiger partial charge in [0.25, 0.3) is 0 Å². The van der Waals surface area contributed by atoms with Crippen LogP contribution in [0.1, 0.15) is 12.8 Å². The van der Waals surface area contributed by atoms with E-state index in [0.29, 0.717) is 0 Å². The van der Waals surface area contributed by atoms with Crippen LogP contribution in [0, 0.1) is 0 Å². The summed E-state index contributed by atoms with van der Waals surface area (Å²) < 4.78 is 0. The lowest BCUT2D eigenvalue weighted by atomic mass is 10.1. The molecule has 2 nitrogen and oxygen atoms in total. The molecule has 0 aliphatic carbocycles. The standard InChI is InChI=1S/C15H14N2/c1-2-6-13-11-14(9-8-12(13)5-1)17-15-7-3-4-10-16-15/h1-2,5-11,17H,3-4H2. The first-order chi connectivity index (χ1) is 8.42. The molecule has 0 radical (unpaired) electrons. The van der Waals surface area contributed by atoms with Crippen molar-refractivity contribution >= 4 is 22.7 Å². The summed E-state index contributed by atoms with van der Waals surface area (Å²) in [5.41, 5.74) is 1.09. The van der Waals surface area contributed by atoms with Gasteiger partial charge in [0.15, 0.2) is 0 Å². The van der Waals surface area contributed by atoms with Crippen LogP contribution in [-0.2, 0) is 0 Å². The van der Waals surface area contributed by atoms with Gasteiger partial charge in [-0.3, -0.25) is 0 Å². The van der Waals surface area contributed by atoms with Gasteiger partial charge in [-0.25, -0.2) is 4.99 Å². The van der Waals surface area contributed by atoms with E-state index >= 15 is 0 Å². The van der Waals surface area contributed by atoms with Gasteiger partial charge in [0.05, 0.1) is 0 Å². The van der Waals surface area contributed by atoms with E-state index in [0.717, 1.165) is 24.4 Å². The van der Waals surface area contributed by atoms with Crippen LogP contribution in [0.15, 0.2) is 59.4 Å². The maximum absolute atomic E-state index is 4.33. The number of allylic oxidation sites excluding steroid dienone is 1. The van der Waals surface area contributed by atoms with Crippen molar-refractivity contribution in [2.75, 3.05) is 5.32 Å². The highest BCUT2D eigenvalue weighted by Gasteiger charge is 2.00. The zero-order chi connectivity index (χ0) is 11.5. The maximum atomic E-state index is 4.33. The molecule has 0 aromatic heterocycles. The number of aliphatic imine (C=N–C) groups is 1. The average molecular weight is 222 g/mol. The van der Waals surface area contributed by atoms with Crippen molar-refractivity contribution in [3.05, 3.63) is 54.4 Å². The zero-order valence-electron chi connectivity index (χ0n) is 9.56. The SMILES string of the molecule is C1=NC(Nc2ccc3ccccc3c2)=CCC1. The summed E-state index contributed by atoms with van der Waals surface area (Å²) in [5.74, 6) is 0.950. The monoisotopic (exact) mass is 222 g/mol. The Labute approximate surface area is 101 Å². The quantitative estimate of drug-likeness (QED) is 0.817. The minimum absolute atomic E-state index is 0.950. The highest BCUT2D eigenvalue weighted by atomic mass is 15.0. The Kier molecular flexibility index (Phi) is 2.62. The van der Waals surface area contributed by atoms with Crippen molar-refractivity contribution in [3.8, 4) is 0 Å². The fourth-order valence-electron chi connectivity index (χ4n) is 2.01. The molecule has 1 aliphatic rings. The van der Waals surface area contributed by atoms with Crippen LogP contribution < -0.4 is 5.32 Å². The molecule has 0 atom stereocenters. The second kappa shape index (κ2) is 4.42. The van der Waals surface area contributed by atoms with Gasteiger partial charge in [0, 0.05) is 11.9 Å². The van der Waals surface area contributed by atoms with Crippen LogP contribution in [0.2, 0.25) is 0 Å². The Morgan fingerprint density at radius 3 is 2.65 bits per heavy atom. The van der Waals surface area contributed by atoms with Crippen LogP contribution in [-0.4, -0.2) is 6.21 Å². The van der Waals surface area contributed by atoms with Gasteiger partial charge in [-0.2, -0.15) is 0 Å². The van der Waals surface area contributed by atoms with Gasteiger partial charge in [-0.05, 0) is 41.8 Å². The van der Waals surface area contributed by atoms with Crippen molar-refractivity contribution < 1.29 is 0 Å². The molecule has 3 rings (SSSR count). The first kappa shape index (κ1) is 10.1. The Morgan fingerprint density at radius 1 is 0.941 bits per heavy atom. The maximum Gasteiger partial charge on any atom is 0.125 e. The van der Waals surface area contributed by atoms with Crippen LogP contribution in [0.3, 0.4) is 0 Å². The second-order valence-electron chi connectivity index (χ2n) is 4.17. The predicted octanol–water partition coefficient (Wildman–Crippen LogP) is 3.96. The van der Waals surface area contributed by atoms with Gasteiger partial charge in [0.2, 0.25) is 0 Å². The first-order valence-electron chi connectivity index (χ1n) is 5.90. The normalized spacial score (nSPS) is 14.7. The highest BCUT2D eigenvalue weighted by Crippen LogP contribution is 2.20. The number of nitrogens with zero attached hydrogens (tertiary/aromatic N) is 1. The fourth-order valence-corrected chi connectivity index (χ4v) is 2.01. The van der Waals surface area contributed by atoms with Gasteiger partial charge in [0.1, 0.15) is 5.82 Å². The van der Waals surface area contributed by atoms with Crippen LogP contribution in [0.25, 0.3) is 10.8 Å². The van der Waals surface area contributed by atoms with E-state index in [4.69, 9.17) is 0 Å². The molecule has 1 N–H and O–H groups in total. The molecular formula is C15H14N2. The molecule has 0 saturated heterocycles. The largest absolute Gasteiger partial charge is 0.341 e. The zero-order valence-corrected chi connectivity index (χ0v) is 9.56. The van der Waals surface area contributed by atoms with Gasteiger partial charge < -0.3 is 5.32 Å². The minimum atomic E-state index is 0.950. The van der Waals surface area contributed by atoms with E-state index in [1.807, 2.05) is 6.21 Å². The lowest BCUT2D eigenvalue weighted by Crippen LogP contribution is -2.00. The molecule has 2 aromatic carbocycles. The summed E-state index contributed by atoms with van der Waals surface area (Å²) in [6.45, 7) is 0. The third-order valence-electron chi connectivity index (χ3n) is 2.89. The molecule has 0 saturated carbocycles. The minimum Gasteiger partial charge on any atom is -0.341 e. The average Bonchev–Trinajstić information content (AvgIpc) is 2.40. The van der Waals surface area contributed by atoms with E-state index in [1.54, 1.807) is 0 Å². The highest BCUT2D eigenvalue weighted by molar-refractivity contribution is 5.86. The molecule has 2 heteroatoms. The van der Waals surface area contributed by atoms with E-state index in [-0.39, 0.29) is 0 Å². The predicted molar refractivity (Wildman–Crippen MR) is 73.4 cm³/mol. The van der Waals surface area contributed by atoms with Crippen LogP contribution in [0.4, 0.5) is 5.69 Å². The smallest absolute Gasteiger partial charge is 0.125 e. The van der Waals surface area contributed by atoms with Gasteiger partial charge >= 0.3 is 0 Å². The van der Waals surface area contributed by atoms with E-state index in [1.165, 1.54) is 10.8 Å². The molecular weight excluding hydrogens is 208 g/mol. The summed E-state index contributed by atoms with van der Waals surface area (Å²) >= 11 is 0. The Balaban J connectivity index is 1.90. The Morgan fingerprint density at radius 2 is 1.82 bits per heavy atom. The van der Waals surface area contributed by atoms with Crippen molar-refractivity contribution in [1.82, 2.24) is 0 Å². The topological polar surface area (TPSA) is 24.4 Å². The van der Waals surface area contributed by atoms with Crippen LogP contribution in [0.5, 0.6) is 0 Å². The summed E-state index contributed by atoms with van der Waals surface area (Å²) in [7, 11) is 0. The van der Waals surface area contributed by atoms with Crippen molar-refractivity contribution in [3.63, 3.8) is 0 Å². The molecule has 2 aromatic rings. The Hall–Kier alpha value is -2.09. The molecule has 17 heavy (non-hydrogen) atoms. The summed E-state index contributed by atoms with van der Waals surface area (Å²) in [6, 6.07) is 14.7. The third kappa shape index (κ3) is 2.21. The van der Waals surface area contributed by atoms with Crippen LogP contribution >= 0.6 is 0 Å². The molecule has 0 unspecified atom stereocenters. The molecule has 84 valence electrons. The molecule has 0 bridgehead atoms. The number of fused-ring (bicyclic) bond motifs is 1. The van der Waals surface area contributed by atoms with E-state index in [9.17, 15) is 0 Å². The number of nitrogens with one attached hydrogen (secondary N) is 1. The molecule has 0 spiro atoms. The first-order valence-corrected chi connectivity index (χ1v) is 5.90. The lowest BCUT2D eigenvalue weighted by Gasteiger charge is -2.10. The van der Waals surface area contributed by atoms with E-state index < -0.39 is 0 Å². The molecule has 1 heterocycles. The number of hydrogen-bond acceptors (Lipinski definition) is 2. The Bertz CT molecular complexity index is 597. The second-order valence-corrected chi connectivity index (χ2v) is 4.17. The third-order valence-corrected chi connectivity index (χ3v) is 2.89. The number of anilines is 1. The van der Waals surface area contributed by atoms with Gasteiger partial charge in [-0.15, -0.1) is 0 Å². The van der Waals surface area contributed by atoms with E-state index in [2.05, 4.69) is 58.8 Å². The fraction of sp³-hybridized carbons (Fsp3) is 0.133. The summed E-state index contributed by atoms with van der Waals surface area (Å²) in [6.07, 6.45) is 6.21. The number of hydrogen-bond donors (Lipinski definition) is 1. The lowest BCUT2D eigenvalue weighted by molar-refractivity contribution is 1.05. The number of rotatable bonds is 2. The summed E-state index contributed by atoms with van der Waals surface area (Å²) in [5, 5.41) is 5.85. The van der Waals surface area contributed by atoms with Crippen molar-refractivity contribution in [2.45, 2.75) is 12.8 Å². The van der Waals surface area contributed by atoms with Gasteiger partial charge in [-0.1, -0.05) is 30.3 Å².